The third-order valence-corrected chi connectivity index (χ3v) is 4.66. The Balaban J connectivity index is 1.99. The summed E-state index contributed by atoms with van der Waals surface area (Å²) < 4.78 is 6.46. The van der Waals surface area contributed by atoms with E-state index in [4.69, 9.17) is 17.0 Å². The Labute approximate surface area is 149 Å². The van der Waals surface area contributed by atoms with Gasteiger partial charge in [0.25, 0.3) is 5.91 Å². The van der Waals surface area contributed by atoms with Gasteiger partial charge in [-0.1, -0.05) is 30.3 Å². The van der Waals surface area contributed by atoms with E-state index in [1.807, 2.05) is 55.1 Å². The van der Waals surface area contributed by atoms with E-state index in [0.29, 0.717) is 10.9 Å². The minimum Gasteiger partial charge on any atom is -0.483 e. The Morgan fingerprint density at radius 2 is 1.91 bits per heavy atom. The fourth-order valence-corrected chi connectivity index (χ4v) is 3.19. The average Bonchev–Trinajstić information content (AvgIpc) is 2.55. The molecule has 0 spiro atoms. The highest BCUT2D eigenvalue weighted by Gasteiger charge is 2.12. The Morgan fingerprint density at radius 3 is 2.61 bits per heavy atom. The summed E-state index contributed by atoms with van der Waals surface area (Å²) >= 11 is 8.74. The van der Waals surface area contributed by atoms with Crippen molar-refractivity contribution in [3.8, 4) is 5.75 Å². The molecule has 0 saturated carbocycles. The van der Waals surface area contributed by atoms with Gasteiger partial charge in [-0.05, 0) is 58.8 Å². The highest BCUT2D eigenvalue weighted by molar-refractivity contribution is 9.10. The second-order valence-electron chi connectivity index (χ2n) is 4.91. The van der Waals surface area contributed by atoms with Crippen molar-refractivity contribution in [3.63, 3.8) is 0 Å². The second-order valence-corrected chi connectivity index (χ2v) is 6.09. The largest absolute Gasteiger partial charge is 0.483 e. The summed E-state index contributed by atoms with van der Waals surface area (Å²) in [6.45, 7) is 5.41. The van der Waals surface area contributed by atoms with Gasteiger partial charge in [0.15, 0.2) is 11.7 Å². The first-order valence-corrected chi connectivity index (χ1v) is 8.65. The molecule has 1 amide bonds. The van der Waals surface area contributed by atoms with Crippen LogP contribution < -0.4 is 10.1 Å². The number of thiocarbonyl (C=S) groups is 1. The maximum Gasteiger partial charge on any atom is 0.264 e. The van der Waals surface area contributed by atoms with Crippen molar-refractivity contribution >= 4 is 49.9 Å². The lowest BCUT2D eigenvalue weighted by molar-refractivity contribution is -0.121. The zero-order valence-electron chi connectivity index (χ0n) is 13.1. The summed E-state index contributed by atoms with van der Waals surface area (Å²) in [6.07, 6.45) is 0. The number of amides is 1. The third kappa shape index (κ3) is 4.42. The molecule has 2 aromatic carbocycles. The Kier molecular flexibility index (Phi) is 6.36. The van der Waals surface area contributed by atoms with E-state index in [9.17, 15) is 4.79 Å². The van der Waals surface area contributed by atoms with E-state index in [-0.39, 0.29) is 12.5 Å². The molecule has 0 fully saturated rings. The number of nitrogens with zero attached hydrogens (tertiary/aromatic N) is 1. The first kappa shape index (κ1) is 17.7. The molecule has 0 unspecified atom stereocenters. The van der Waals surface area contributed by atoms with Gasteiger partial charge >= 0.3 is 0 Å². The van der Waals surface area contributed by atoms with Gasteiger partial charge in [-0.15, -0.1) is 0 Å². The number of benzene rings is 2. The number of hydrogen-bond acceptors (Lipinski definition) is 3. The Morgan fingerprint density at radius 1 is 1.22 bits per heavy atom. The molecule has 122 valence electrons. The van der Waals surface area contributed by atoms with Crippen molar-refractivity contribution in [1.29, 1.82) is 0 Å². The van der Waals surface area contributed by atoms with E-state index in [2.05, 4.69) is 21.2 Å². The summed E-state index contributed by atoms with van der Waals surface area (Å²) in [7, 11) is 0. The molecular weight excluding hydrogens is 376 g/mol. The van der Waals surface area contributed by atoms with Crippen molar-refractivity contribution < 1.29 is 9.53 Å². The Hall–Kier alpha value is -1.66. The number of fused-ring (bicyclic) bond motifs is 1. The van der Waals surface area contributed by atoms with Crippen molar-refractivity contribution in [2.24, 2.45) is 0 Å². The van der Waals surface area contributed by atoms with E-state index in [0.717, 1.165) is 28.3 Å². The third-order valence-electron chi connectivity index (χ3n) is 3.48. The van der Waals surface area contributed by atoms with Crippen LogP contribution in [0.3, 0.4) is 0 Å². The molecule has 23 heavy (non-hydrogen) atoms. The quantitative estimate of drug-likeness (QED) is 0.784. The van der Waals surface area contributed by atoms with E-state index in [1.54, 1.807) is 0 Å². The molecule has 0 aliphatic carbocycles. The topological polar surface area (TPSA) is 41.6 Å². The fourth-order valence-electron chi connectivity index (χ4n) is 2.21. The fraction of sp³-hybridized carbons (Fsp3) is 0.294. The molecule has 6 heteroatoms. The molecule has 2 rings (SSSR count). The maximum atomic E-state index is 12.0. The molecule has 0 bridgehead atoms. The number of nitrogens with one attached hydrogen (secondary N) is 1. The number of carbonyl (C=O) groups excluding carboxylic acids is 1. The SMILES string of the molecule is CCN(CC)C(=S)NC(=O)COc1ccc2ccccc2c1Br. The second kappa shape index (κ2) is 8.26. The predicted octanol–water partition coefficient (Wildman–Crippen LogP) is 3.72. The lowest BCUT2D eigenvalue weighted by Crippen LogP contribution is -2.44. The minimum absolute atomic E-state index is 0.0850. The first-order chi connectivity index (χ1) is 11.1. The first-order valence-electron chi connectivity index (χ1n) is 7.45. The molecule has 2 aromatic rings. The number of carbonyl (C=O) groups is 1. The summed E-state index contributed by atoms with van der Waals surface area (Å²) in [4.78, 5) is 13.9. The monoisotopic (exact) mass is 394 g/mol. The molecule has 0 saturated heterocycles. The number of halogens is 1. The maximum absolute atomic E-state index is 12.0. The van der Waals surface area contributed by atoms with Crippen LogP contribution in [0, 0.1) is 0 Å². The zero-order valence-corrected chi connectivity index (χ0v) is 15.5. The smallest absolute Gasteiger partial charge is 0.264 e. The summed E-state index contributed by atoms with van der Waals surface area (Å²) in [5, 5.41) is 5.27. The molecule has 0 aromatic heterocycles. The highest BCUT2D eigenvalue weighted by atomic mass is 79.9. The van der Waals surface area contributed by atoms with Gasteiger partial charge in [0.1, 0.15) is 5.75 Å². The van der Waals surface area contributed by atoms with E-state index < -0.39 is 0 Å². The van der Waals surface area contributed by atoms with Crippen molar-refractivity contribution in [2.75, 3.05) is 19.7 Å². The van der Waals surface area contributed by atoms with Crippen LogP contribution in [-0.4, -0.2) is 35.6 Å². The number of rotatable bonds is 5. The number of hydrogen-bond donors (Lipinski definition) is 1. The molecule has 0 heterocycles. The van der Waals surface area contributed by atoms with Crippen LogP contribution in [0.25, 0.3) is 10.8 Å². The van der Waals surface area contributed by atoms with Crippen molar-refractivity contribution in [3.05, 3.63) is 40.9 Å². The standard InChI is InChI=1S/C17H19BrN2O2S/c1-3-20(4-2)17(23)19-15(21)11-22-14-10-9-12-7-5-6-8-13(12)16(14)18/h5-10H,3-4,11H2,1-2H3,(H,19,21,23). The van der Waals surface area contributed by atoms with Gasteiger partial charge in [0.05, 0.1) is 4.47 Å². The molecule has 0 atom stereocenters. The van der Waals surface area contributed by atoms with Crippen LogP contribution in [0.4, 0.5) is 0 Å². The van der Waals surface area contributed by atoms with Crippen LogP contribution >= 0.6 is 28.1 Å². The lowest BCUT2D eigenvalue weighted by atomic mass is 10.1. The summed E-state index contributed by atoms with van der Waals surface area (Å²) in [5.41, 5.74) is 0. The van der Waals surface area contributed by atoms with E-state index in [1.165, 1.54) is 0 Å². The van der Waals surface area contributed by atoms with E-state index >= 15 is 0 Å². The van der Waals surface area contributed by atoms with Crippen LogP contribution in [0.15, 0.2) is 40.9 Å². The molecule has 4 nitrogen and oxygen atoms in total. The van der Waals surface area contributed by atoms with Crippen molar-refractivity contribution in [1.82, 2.24) is 10.2 Å². The summed E-state index contributed by atoms with van der Waals surface area (Å²) in [6, 6.07) is 11.8. The molecule has 0 aliphatic rings. The van der Waals surface area contributed by atoms with Crippen molar-refractivity contribution in [2.45, 2.75) is 13.8 Å². The minimum atomic E-state index is -0.262. The van der Waals surface area contributed by atoms with Gasteiger partial charge < -0.3 is 15.0 Å². The van der Waals surface area contributed by atoms with Crippen LogP contribution in [-0.2, 0) is 4.79 Å². The summed E-state index contributed by atoms with van der Waals surface area (Å²) in [5.74, 6) is 0.370. The normalized spacial score (nSPS) is 10.4. The lowest BCUT2D eigenvalue weighted by Gasteiger charge is -2.21. The molecular formula is C17H19BrN2O2S. The molecule has 1 N–H and O–H groups in total. The predicted molar refractivity (Wildman–Crippen MR) is 101 cm³/mol. The molecule has 0 aliphatic heterocycles. The average molecular weight is 395 g/mol. The zero-order chi connectivity index (χ0) is 16.8. The van der Waals surface area contributed by atoms with Gasteiger partial charge in [0, 0.05) is 13.1 Å². The van der Waals surface area contributed by atoms with Crippen LogP contribution in [0.2, 0.25) is 0 Å². The Bertz CT molecular complexity index is 717. The van der Waals surface area contributed by atoms with Gasteiger partial charge in [-0.2, -0.15) is 0 Å². The molecule has 0 radical (unpaired) electrons. The van der Waals surface area contributed by atoms with Crippen LogP contribution in [0.1, 0.15) is 13.8 Å². The van der Waals surface area contributed by atoms with Gasteiger partial charge in [0.2, 0.25) is 0 Å². The number of ether oxygens (including phenoxy) is 1. The van der Waals surface area contributed by atoms with Gasteiger partial charge in [-0.25, -0.2) is 0 Å². The van der Waals surface area contributed by atoms with Crippen LogP contribution in [0.5, 0.6) is 5.75 Å². The van der Waals surface area contributed by atoms with Gasteiger partial charge in [-0.3, -0.25) is 4.79 Å². The highest BCUT2D eigenvalue weighted by Crippen LogP contribution is 2.32.